The minimum absolute atomic E-state index is 0.440. The van der Waals surface area contributed by atoms with Crippen LogP contribution in [-0.4, -0.2) is 19.6 Å². The van der Waals surface area contributed by atoms with E-state index in [1.165, 1.54) is 23.3 Å². The largest absolute Gasteiger partial charge is 0.411 e. The second-order valence-corrected chi connectivity index (χ2v) is 6.20. The zero-order chi connectivity index (χ0) is 13.9. The molecule has 0 saturated heterocycles. The van der Waals surface area contributed by atoms with Crippen LogP contribution in [0.15, 0.2) is 38.2 Å². The summed E-state index contributed by atoms with van der Waals surface area (Å²) in [5, 5.41) is 9.08. The fourth-order valence-corrected chi connectivity index (χ4v) is 3.15. The van der Waals surface area contributed by atoms with E-state index in [0.29, 0.717) is 16.1 Å². The Bertz CT molecular complexity index is 728. The van der Waals surface area contributed by atoms with Crippen molar-refractivity contribution in [1.29, 1.82) is 0 Å². The average molecular weight is 325 g/mol. The minimum atomic E-state index is 0.440. The van der Waals surface area contributed by atoms with Crippen LogP contribution in [-0.2, 0) is 6.42 Å². The normalized spacial score (nSPS) is 10.9. The van der Waals surface area contributed by atoms with Gasteiger partial charge in [0.25, 0.3) is 5.22 Å². The molecule has 0 atom stereocenters. The maximum absolute atomic E-state index is 5.94. The summed E-state index contributed by atoms with van der Waals surface area (Å²) in [6.45, 7) is 2.01. The van der Waals surface area contributed by atoms with Gasteiger partial charge in [0, 0.05) is 28.8 Å². The molecule has 0 saturated carbocycles. The molecule has 2 aromatic heterocycles. The van der Waals surface area contributed by atoms with Crippen molar-refractivity contribution in [1.82, 2.24) is 19.6 Å². The first-order chi connectivity index (χ1) is 9.74. The molecule has 0 fully saturated rings. The molecule has 2 heterocycles. The zero-order valence-corrected chi connectivity index (χ0v) is 12.8. The third-order valence-corrected chi connectivity index (χ3v) is 4.28. The molecule has 1 aromatic carbocycles. The lowest BCUT2D eigenvalue weighted by Gasteiger charge is -1.94. The highest BCUT2D eigenvalue weighted by molar-refractivity contribution is 8.00. The van der Waals surface area contributed by atoms with Gasteiger partial charge in [-0.2, -0.15) is 4.37 Å². The fraction of sp³-hybridized carbons (Fsp3) is 0.167. The van der Waals surface area contributed by atoms with Crippen LogP contribution in [0.2, 0.25) is 5.02 Å². The molecular weight excluding hydrogens is 316 g/mol. The van der Waals surface area contributed by atoms with Gasteiger partial charge in [0.15, 0.2) is 4.34 Å². The predicted molar refractivity (Wildman–Crippen MR) is 78.2 cm³/mol. The molecule has 0 N–H and O–H groups in total. The van der Waals surface area contributed by atoms with Crippen molar-refractivity contribution in [3.05, 3.63) is 35.1 Å². The first kappa shape index (κ1) is 13.5. The molecular formula is C12H9ClN4OS2. The summed E-state index contributed by atoms with van der Waals surface area (Å²) in [6.07, 6.45) is 0.814. The molecule has 0 aliphatic carbocycles. The highest BCUT2D eigenvalue weighted by Gasteiger charge is 2.12. The second kappa shape index (κ2) is 5.90. The number of hydrogen-bond donors (Lipinski definition) is 0. The Morgan fingerprint density at radius 1 is 1.35 bits per heavy atom. The Morgan fingerprint density at radius 3 is 3.00 bits per heavy atom. The summed E-state index contributed by atoms with van der Waals surface area (Å²) in [7, 11) is 0. The first-order valence-corrected chi connectivity index (χ1v) is 7.81. The van der Waals surface area contributed by atoms with Gasteiger partial charge in [-0.25, -0.2) is 4.98 Å². The Kier molecular flexibility index (Phi) is 4.00. The Morgan fingerprint density at radius 2 is 2.25 bits per heavy atom. The lowest BCUT2D eigenvalue weighted by atomic mass is 10.2. The third kappa shape index (κ3) is 3.00. The van der Waals surface area contributed by atoms with Crippen LogP contribution < -0.4 is 0 Å². The summed E-state index contributed by atoms with van der Waals surface area (Å²) in [5.41, 5.74) is 0.795. The van der Waals surface area contributed by atoms with Crippen molar-refractivity contribution >= 4 is 34.9 Å². The van der Waals surface area contributed by atoms with Crippen molar-refractivity contribution in [2.24, 2.45) is 0 Å². The number of rotatable bonds is 4. The average Bonchev–Trinajstić information content (AvgIpc) is 3.08. The van der Waals surface area contributed by atoms with Gasteiger partial charge in [-0.15, -0.1) is 10.2 Å². The van der Waals surface area contributed by atoms with Crippen molar-refractivity contribution in [2.45, 2.75) is 22.9 Å². The Labute approximate surface area is 128 Å². The molecule has 0 unspecified atom stereocenters. The van der Waals surface area contributed by atoms with Crippen LogP contribution in [0.25, 0.3) is 11.5 Å². The van der Waals surface area contributed by atoms with Crippen LogP contribution in [0, 0.1) is 0 Å². The Hall–Kier alpha value is -1.44. The van der Waals surface area contributed by atoms with E-state index in [1.54, 1.807) is 12.1 Å². The van der Waals surface area contributed by atoms with Crippen LogP contribution in [0.5, 0.6) is 0 Å². The third-order valence-electron chi connectivity index (χ3n) is 2.42. The second-order valence-electron chi connectivity index (χ2n) is 3.82. The highest BCUT2D eigenvalue weighted by atomic mass is 35.5. The SMILES string of the molecule is CCc1nsc(Sc2nnc(-c3cccc(Cl)c3)o2)n1. The van der Waals surface area contributed by atoms with E-state index in [4.69, 9.17) is 16.0 Å². The molecule has 0 bridgehead atoms. The van der Waals surface area contributed by atoms with Gasteiger partial charge in [0.1, 0.15) is 5.82 Å². The van der Waals surface area contributed by atoms with Crippen molar-refractivity contribution in [2.75, 3.05) is 0 Å². The summed E-state index contributed by atoms with van der Waals surface area (Å²) in [5.74, 6) is 1.27. The van der Waals surface area contributed by atoms with Crippen LogP contribution >= 0.6 is 34.9 Å². The molecule has 0 radical (unpaired) electrons. The quantitative estimate of drug-likeness (QED) is 0.724. The van der Waals surface area contributed by atoms with Gasteiger partial charge in [-0.05, 0) is 29.7 Å². The molecule has 0 spiro atoms. The van der Waals surface area contributed by atoms with Gasteiger partial charge in [-0.3, -0.25) is 0 Å². The van der Waals surface area contributed by atoms with Crippen molar-refractivity contribution in [3.63, 3.8) is 0 Å². The number of hydrogen-bond acceptors (Lipinski definition) is 7. The first-order valence-electron chi connectivity index (χ1n) is 5.84. The van der Waals surface area contributed by atoms with Gasteiger partial charge < -0.3 is 4.42 Å². The molecule has 3 rings (SSSR count). The molecule has 102 valence electrons. The molecule has 0 aliphatic heterocycles. The maximum atomic E-state index is 5.94. The van der Waals surface area contributed by atoms with Gasteiger partial charge >= 0.3 is 0 Å². The van der Waals surface area contributed by atoms with Crippen molar-refractivity contribution in [3.8, 4) is 11.5 Å². The summed E-state index contributed by atoms with van der Waals surface area (Å²) in [6, 6.07) is 7.29. The molecule has 0 aliphatic rings. The highest BCUT2D eigenvalue weighted by Crippen LogP contribution is 2.30. The van der Waals surface area contributed by atoms with E-state index in [-0.39, 0.29) is 0 Å². The number of benzene rings is 1. The molecule has 3 aromatic rings. The van der Waals surface area contributed by atoms with E-state index in [9.17, 15) is 0 Å². The van der Waals surface area contributed by atoms with Gasteiger partial charge in [-0.1, -0.05) is 24.6 Å². The fourth-order valence-electron chi connectivity index (χ4n) is 1.49. The number of aromatic nitrogens is 4. The molecule has 20 heavy (non-hydrogen) atoms. The zero-order valence-electron chi connectivity index (χ0n) is 10.4. The van der Waals surface area contributed by atoms with Crippen LogP contribution in [0.4, 0.5) is 0 Å². The smallest absolute Gasteiger partial charge is 0.284 e. The summed E-state index contributed by atoms with van der Waals surface area (Å²) >= 11 is 8.58. The number of aryl methyl sites for hydroxylation is 1. The van der Waals surface area contributed by atoms with E-state index in [0.717, 1.165) is 22.1 Å². The van der Waals surface area contributed by atoms with Gasteiger partial charge in [0.2, 0.25) is 5.89 Å². The number of halogens is 1. The molecule has 0 amide bonds. The number of nitrogens with zero attached hydrogens (tertiary/aromatic N) is 4. The van der Waals surface area contributed by atoms with E-state index < -0.39 is 0 Å². The maximum Gasteiger partial charge on any atom is 0.284 e. The minimum Gasteiger partial charge on any atom is -0.411 e. The van der Waals surface area contributed by atoms with Crippen molar-refractivity contribution < 1.29 is 4.42 Å². The predicted octanol–water partition coefficient (Wildman–Crippen LogP) is 3.96. The lowest BCUT2D eigenvalue weighted by molar-refractivity contribution is 0.466. The van der Waals surface area contributed by atoms with E-state index in [1.807, 2.05) is 19.1 Å². The standard InChI is InChI=1S/C12H9ClN4OS2/c1-2-9-14-12(20-17-9)19-11-16-15-10(18-11)7-4-3-5-8(13)6-7/h3-6H,2H2,1H3. The molecule has 8 heteroatoms. The topological polar surface area (TPSA) is 64.7 Å². The Balaban J connectivity index is 1.80. The van der Waals surface area contributed by atoms with E-state index >= 15 is 0 Å². The van der Waals surface area contributed by atoms with E-state index in [2.05, 4.69) is 19.6 Å². The monoisotopic (exact) mass is 324 g/mol. The lowest BCUT2D eigenvalue weighted by Crippen LogP contribution is -1.80. The van der Waals surface area contributed by atoms with Crippen LogP contribution in [0.3, 0.4) is 0 Å². The summed E-state index contributed by atoms with van der Waals surface area (Å²) in [4.78, 5) is 4.34. The van der Waals surface area contributed by atoms with Crippen LogP contribution in [0.1, 0.15) is 12.7 Å². The van der Waals surface area contributed by atoms with Gasteiger partial charge in [0.05, 0.1) is 0 Å². The molecule has 5 nitrogen and oxygen atoms in total. The summed E-state index contributed by atoms with van der Waals surface area (Å²) < 4.78 is 10.6.